The van der Waals surface area contributed by atoms with Crippen LogP contribution in [0.15, 0.2) is 48.0 Å². The van der Waals surface area contributed by atoms with Crippen molar-refractivity contribution in [3.8, 4) is 16.3 Å². The Morgan fingerprint density at radius 3 is 2.71 bits per heavy atom. The lowest BCUT2D eigenvalue weighted by atomic mass is 10.2. The van der Waals surface area contributed by atoms with Crippen LogP contribution >= 0.6 is 11.3 Å². The predicted octanol–water partition coefficient (Wildman–Crippen LogP) is 3.11. The summed E-state index contributed by atoms with van der Waals surface area (Å²) in [6.45, 7) is 0.563. The number of anilines is 2. The Balaban J connectivity index is 1.78. The highest BCUT2D eigenvalue weighted by Crippen LogP contribution is 2.25. The van der Waals surface area contributed by atoms with Crippen molar-refractivity contribution in [1.82, 2.24) is 9.97 Å². The summed E-state index contributed by atoms with van der Waals surface area (Å²) in [6, 6.07) is 10.9. The number of hydrogen-bond donors (Lipinski definition) is 3. The van der Waals surface area contributed by atoms with Gasteiger partial charge in [0.25, 0.3) is 0 Å². The van der Waals surface area contributed by atoms with Gasteiger partial charge in [0.15, 0.2) is 11.6 Å². The van der Waals surface area contributed by atoms with Gasteiger partial charge in [0, 0.05) is 6.54 Å². The van der Waals surface area contributed by atoms with E-state index < -0.39 is 0 Å². The molecule has 0 radical (unpaired) electrons. The monoisotopic (exact) mass is 298 g/mol. The number of benzene rings is 1. The van der Waals surface area contributed by atoms with E-state index in [0.717, 1.165) is 16.1 Å². The zero-order valence-corrected chi connectivity index (χ0v) is 12.0. The largest absolute Gasteiger partial charge is 0.508 e. The van der Waals surface area contributed by atoms with Gasteiger partial charge < -0.3 is 16.2 Å². The van der Waals surface area contributed by atoms with Gasteiger partial charge in [0.2, 0.25) is 0 Å². The van der Waals surface area contributed by atoms with Crippen molar-refractivity contribution in [3.05, 3.63) is 53.5 Å². The fourth-order valence-corrected chi connectivity index (χ4v) is 2.55. The summed E-state index contributed by atoms with van der Waals surface area (Å²) in [4.78, 5) is 9.74. The van der Waals surface area contributed by atoms with Gasteiger partial charge in [0.05, 0.1) is 11.1 Å². The van der Waals surface area contributed by atoms with Crippen LogP contribution in [0.3, 0.4) is 0 Å². The van der Waals surface area contributed by atoms with Crippen LogP contribution < -0.4 is 11.1 Å². The minimum absolute atomic E-state index is 0.248. The van der Waals surface area contributed by atoms with Crippen molar-refractivity contribution in [2.75, 3.05) is 11.1 Å². The second-order valence-corrected chi connectivity index (χ2v) is 5.43. The number of nitrogen functional groups attached to an aromatic ring is 1. The first-order valence-electron chi connectivity index (χ1n) is 6.40. The molecule has 3 rings (SSSR count). The second kappa shape index (κ2) is 5.80. The van der Waals surface area contributed by atoms with Crippen molar-refractivity contribution < 1.29 is 5.11 Å². The molecule has 0 aliphatic carbocycles. The molecule has 0 fully saturated rings. The Bertz CT molecular complexity index is 726. The van der Waals surface area contributed by atoms with E-state index in [9.17, 15) is 5.11 Å². The zero-order valence-electron chi connectivity index (χ0n) is 11.2. The van der Waals surface area contributed by atoms with E-state index in [1.165, 1.54) is 0 Å². The van der Waals surface area contributed by atoms with Gasteiger partial charge in [-0.15, -0.1) is 11.3 Å². The predicted molar refractivity (Wildman–Crippen MR) is 85.2 cm³/mol. The number of hydrogen-bond acceptors (Lipinski definition) is 6. The Hall–Kier alpha value is -2.60. The molecule has 0 saturated carbocycles. The number of thiophene rings is 1. The average molecular weight is 298 g/mol. The van der Waals surface area contributed by atoms with E-state index >= 15 is 0 Å². The lowest BCUT2D eigenvalue weighted by Crippen LogP contribution is -2.06. The van der Waals surface area contributed by atoms with E-state index in [0.29, 0.717) is 18.2 Å². The summed E-state index contributed by atoms with van der Waals surface area (Å²) in [7, 11) is 0. The highest BCUT2D eigenvalue weighted by atomic mass is 32.1. The number of aromatic hydroxyl groups is 1. The highest BCUT2D eigenvalue weighted by molar-refractivity contribution is 7.13. The molecule has 0 bridgehead atoms. The lowest BCUT2D eigenvalue weighted by Gasteiger charge is -2.09. The number of aromatic nitrogens is 2. The molecule has 2 aromatic heterocycles. The molecule has 3 aromatic rings. The third-order valence-corrected chi connectivity index (χ3v) is 3.86. The van der Waals surface area contributed by atoms with E-state index in [4.69, 9.17) is 5.73 Å². The first kappa shape index (κ1) is 13.4. The minimum Gasteiger partial charge on any atom is -0.508 e. The summed E-state index contributed by atoms with van der Waals surface area (Å²) >= 11 is 1.61. The summed E-state index contributed by atoms with van der Waals surface area (Å²) in [5.41, 5.74) is 7.68. The highest BCUT2D eigenvalue weighted by Gasteiger charge is 2.07. The van der Waals surface area contributed by atoms with Crippen LogP contribution in [-0.2, 0) is 6.54 Å². The maximum Gasteiger partial charge on any atom is 0.169 e. The van der Waals surface area contributed by atoms with Gasteiger partial charge >= 0.3 is 0 Å². The van der Waals surface area contributed by atoms with Gasteiger partial charge in [0.1, 0.15) is 11.4 Å². The van der Waals surface area contributed by atoms with Crippen molar-refractivity contribution in [3.63, 3.8) is 0 Å². The Morgan fingerprint density at radius 1 is 1.19 bits per heavy atom. The Morgan fingerprint density at radius 2 is 2.00 bits per heavy atom. The standard InChI is InChI=1S/C15H14N4OS/c16-14-15(18-8-10-3-5-11(20)6-4-10)19-12(9-17-14)13-2-1-7-21-13/h1-7,9,20H,8H2,(H2,16,17)(H,18,19). The van der Waals surface area contributed by atoms with Crippen LogP contribution in [0.1, 0.15) is 5.56 Å². The second-order valence-electron chi connectivity index (χ2n) is 4.49. The van der Waals surface area contributed by atoms with Gasteiger partial charge in [-0.2, -0.15) is 0 Å². The van der Waals surface area contributed by atoms with Crippen molar-refractivity contribution >= 4 is 23.0 Å². The fraction of sp³-hybridized carbons (Fsp3) is 0.0667. The molecule has 21 heavy (non-hydrogen) atoms. The van der Waals surface area contributed by atoms with Crippen LogP contribution in [-0.4, -0.2) is 15.1 Å². The topological polar surface area (TPSA) is 84.1 Å². The third-order valence-electron chi connectivity index (χ3n) is 2.97. The quantitative estimate of drug-likeness (QED) is 0.689. The van der Waals surface area contributed by atoms with Crippen molar-refractivity contribution in [2.45, 2.75) is 6.54 Å². The molecule has 5 nitrogen and oxygen atoms in total. The van der Waals surface area contributed by atoms with E-state index in [-0.39, 0.29) is 5.75 Å². The number of phenolic OH excluding ortho intramolecular Hbond substituents is 1. The fourth-order valence-electron chi connectivity index (χ4n) is 1.87. The summed E-state index contributed by atoms with van der Waals surface area (Å²) in [6.07, 6.45) is 1.67. The molecule has 0 spiro atoms. The van der Waals surface area contributed by atoms with Crippen LogP contribution in [0.2, 0.25) is 0 Å². The summed E-state index contributed by atoms with van der Waals surface area (Å²) < 4.78 is 0. The van der Waals surface area contributed by atoms with E-state index in [1.807, 2.05) is 29.6 Å². The van der Waals surface area contributed by atoms with Crippen LogP contribution in [0.4, 0.5) is 11.6 Å². The van der Waals surface area contributed by atoms with Crippen molar-refractivity contribution in [1.29, 1.82) is 0 Å². The molecule has 0 unspecified atom stereocenters. The summed E-state index contributed by atoms with van der Waals surface area (Å²) in [5, 5.41) is 14.4. The molecule has 0 atom stereocenters. The molecule has 0 aliphatic heterocycles. The molecule has 1 aromatic carbocycles. The molecule has 0 amide bonds. The molecular weight excluding hydrogens is 284 g/mol. The smallest absolute Gasteiger partial charge is 0.169 e. The maximum atomic E-state index is 9.27. The van der Waals surface area contributed by atoms with Crippen molar-refractivity contribution in [2.24, 2.45) is 0 Å². The number of rotatable bonds is 4. The van der Waals surface area contributed by atoms with E-state index in [1.54, 1.807) is 29.7 Å². The molecule has 0 aliphatic rings. The first-order valence-corrected chi connectivity index (χ1v) is 7.28. The lowest BCUT2D eigenvalue weighted by molar-refractivity contribution is 0.475. The number of nitrogens with one attached hydrogen (secondary N) is 1. The van der Waals surface area contributed by atoms with Crippen LogP contribution in [0.25, 0.3) is 10.6 Å². The van der Waals surface area contributed by atoms with Gasteiger partial charge in [-0.25, -0.2) is 9.97 Å². The zero-order chi connectivity index (χ0) is 14.7. The molecule has 2 heterocycles. The normalized spacial score (nSPS) is 10.5. The number of nitrogens with two attached hydrogens (primary N) is 1. The molecular formula is C15H14N4OS. The average Bonchev–Trinajstić information content (AvgIpc) is 3.02. The molecule has 4 N–H and O–H groups in total. The maximum absolute atomic E-state index is 9.27. The summed E-state index contributed by atoms with van der Waals surface area (Å²) in [5.74, 6) is 1.18. The van der Waals surface area contributed by atoms with Crippen LogP contribution in [0.5, 0.6) is 5.75 Å². The molecule has 6 heteroatoms. The van der Waals surface area contributed by atoms with E-state index in [2.05, 4.69) is 15.3 Å². The third kappa shape index (κ3) is 3.11. The first-order chi connectivity index (χ1) is 10.2. The van der Waals surface area contributed by atoms with Gasteiger partial charge in [-0.1, -0.05) is 18.2 Å². The Labute approximate surface area is 126 Å². The van der Waals surface area contributed by atoms with Gasteiger partial charge in [-0.05, 0) is 29.1 Å². The molecule has 0 saturated heterocycles. The molecule has 106 valence electrons. The minimum atomic E-state index is 0.248. The number of nitrogens with zero attached hydrogens (tertiary/aromatic N) is 2. The van der Waals surface area contributed by atoms with Gasteiger partial charge in [-0.3, -0.25) is 0 Å². The van der Waals surface area contributed by atoms with Crippen LogP contribution in [0, 0.1) is 0 Å². The SMILES string of the molecule is Nc1ncc(-c2cccs2)nc1NCc1ccc(O)cc1. The number of phenols is 1. The Kier molecular flexibility index (Phi) is 3.70.